The smallest absolute Gasteiger partial charge is 0.327 e. The first-order chi connectivity index (χ1) is 11.5. The van der Waals surface area contributed by atoms with Crippen molar-refractivity contribution in [2.45, 2.75) is 25.2 Å². The number of aromatic amines is 2. The number of Topliss-reactive ketones (excluding diaryl/α,β-unsaturated/α-hetero) is 1. The standard InChI is InChI=1S/C17H15N3O4/c21-9-6-4-8(5-7-9)12-13-10(2-1-3-11(13)22)18-15-14(12)16(23)20-17(24)19-15/h4-7,12,21H,1-3H2,(H3,18,19,20,23,24)/t12-/m0/s1. The van der Waals surface area contributed by atoms with Gasteiger partial charge in [-0.25, -0.2) is 4.79 Å². The monoisotopic (exact) mass is 325 g/mol. The van der Waals surface area contributed by atoms with Gasteiger partial charge in [0.1, 0.15) is 11.6 Å². The lowest BCUT2D eigenvalue weighted by Crippen LogP contribution is -2.36. The van der Waals surface area contributed by atoms with E-state index < -0.39 is 17.2 Å². The summed E-state index contributed by atoms with van der Waals surface area (Å²) in [7, 11) is 0. The third-order valence-electron chi connectivity index (χ3n) is 4.52. The fraction of sp³-hybridized carbons (Fsp3) is 0.235. The Kier molecular flexibility index (Phi) is 3.16. The molecule has 7 heteroatoms. The Labute approximate surface area is 136 Å². The molecule has 7 nitrogen and oxygen atoms in total. The first-order valence-corrected chi connectivity index (χ1v) is 7.73. The highest BCUT2D eigenvalue weighted by molar-refractivity contribution is 6.00. The molecular formula is C17H15N3O4. The summed E-state index contributed by atoms with van der Waals surface area (Å²) in [5, 5.41) is 12.6. The summed E-state index contributed by atoms with van der Waals surface area (Å²) < 4.78 is 0. The number of phenolic OH excluding ortho intramolecular Hbond substituents is 1. The Hall–Kier alpha value is -3.09. The Morgan fingerprint density at radius 1 is 1.00 bits per heavy atom. The molecular weight excluding hydrogens is 310 g/mol. The van der Waals surface area contributed by atoms with Gasteiger partial charge >= 0.3 is 5.69 Å². The topological polar surface area (TPSA) is 115 Å². The van der Waals surface area contributed by atoms with Crippen molar-refractivity contribution in [2.24, 2.45) is 0 Å². The molecule has 0 saturated heterocycles. The maximum absolute atomic E-state index is 12.5. The molecule has 1 aliphatic carbocycles. The normalized spacial score (nSPS) is 19.5. The maximum Gasteiger partial charge on any atom is 0.327 e. The van der Waals surface area contributed by atoms with Crippen molar-refractivity contribution in [3.63, 3.8) is 0 Å². The number of carbonyl (C=O) groups is 1. The highest BCUT2D eigenvalue weighted by Crippen LogP contribution is 2.42. The van der Waals surface area contributed by atoms with E-state index in [1.165, 1.54) is 12.1 Å². The third kappa shape index (κ3) is 2.17. The lowest BCUT2D eigenvalue weighted by Gasteiger charge is -2.32. The quantitative estimate of drug-likeness (QED) is 0.631. The van der Waals surface area contributed by atoms with Gasteiger partial charge in [-0.15, -0.1) is 0 Å². The van der Waals surface area contributed by atoms with Crippen molar-refractivity contribution >= 4 is 11.6 Å². The molecule has 0 amide bonds. The number of allylic oxidation sites excluding steroid dienone is 2. The molecule has 4 rings (SSSR count). The number of carbonyl (C=O) groups excluding carboxylic acids is 1. The number of benzene rings is 1. The molecule has 2 aliphatic rings. The number of anilines is 1. The summed E-state index contributed by atoms with van der Waals surface area (Å²) in [4.78, 5) is 41.4. The van der Waals surface area contributed by atoms with Gasteiger partial charge in [0.15, 0.2) is 5.78 Å². The highest BCUT2D eigenvalue weighted by atomic mass is 16.3. The van der Waals surface area contributed by atoms with Crippen LogP contribution in [0.1, 0.15) is 36.3 Å². The van der Waals surface area contributed by atoms with Gasteiger partial charge in [0.25, 0.3) is 5.56 Å². The third-order valence-corrected chi connectivity index (χ3v) is 4.52. The molecule has 0 bridgehead atoms. The van der Waals surface area contributed by atoms with Crippen molar-refractivity contribution in [1.29, 1.82) is 0 Å². The Morgan fingerprint density at radius 2 is 1.75 bits per heavy atom. The number of fused-ring (bicyclic) bond motifs is 1. The number of hydrogen-bond donors (Lipinski definition) is 4. The van der Waals surface area contributed by atoms with Crippen LogP contribution in [0.5, 0.6) is 5.75 Å². The number of H-pyrrole nitrogens is 2. The molecule has 24 heavy (non-hydrogen) atoms. The predicted octanol–water partition coefficient (Wildman–Crippen LogP) is 1.33. The second kappa shape index (κ2) is 5.23. The van der Waals surface area contributed by atoms with Crippen LogP contribution in [0.2, 0.25) is 0 Å². The number of ketones is 1. The first kappa shape index (κ1) is 14.5. The van der Waals surface area contributed by atoms with Gasteiger partial charge in [0, 0.05) is 23.6 Å². The minimum absolute atomic E-state index is 0.00178. The number of aromatic hydroxyl groups is 1. The second-order valence-electron chi connectivity index (χ2n) is 6.02. The average molecular weight is 325 g/mol. The van der Waals surface area contributed by atoms with Gasteiger partial charge in [-0.05, 0) is 30.5 Å². The highest BCUT2D eigenvalue weighted by Gasteiger charge is 2.37. The van der Waals surface area contributed by atoms with E-state index in [9.17, 15) is 19.5 Å². The number of hydrogen-bond acceptors (Lipinski definition) is 5. The van der Waals surface area contributed by atoms with Crippen LogP contribution in [0.3, 0.4) is 0 Å². The molecule has 0 radical (unpaired) electrons. The molecule has 0 fully saturated rings. The average Bonchev–Trinajstić information content (AvgIpc) is 2.54. The van der Waals surface area contributed by atoms with Crippen LogP contribution in [-0.4, -0.2) is 20.9 Å². The van der Waals surface area contributed by atoms with Crippen LogP contribution >= 0.6 is 0 Å². The Bertz CT molecular complexity index is 982. The molecule has 1 aliphatic heterocycles. The Morgan fingerprint density at radius 3 is 2.50 bits per heavy atom. The number of nitrogens with one attached hydrogen (secondary N) is 3. The molecule has 0 unspecified atom stereocenters. The van der Waals surface area contributed by atoms with E-state index in [2.05, 4.69) is 15.3 Å². The molecule has 1 aromatic carbocycles. The molecule has 2 heterocycles. The zero-order valence-corrected chi connectivity index (χ0v) is 12.7. The van der Waals surface area contributed by atoms with Crippen LogP contribution < -0.4 is 16.6 Å². The van der Waals surface area contributed by atoms with E-state index >= 15 is 0 Å². The molecule has 122 valence electrons. The molecule has 1 aromatic heterocycles. The van der Waals surface area contributed by atoms with Gasteiger partial charge < -0.3 is 10.4 Å². The lowest BCUT2D eigenvalue weighted by atomic mass is 9.76. The van der Waals surface area contributed by atoms with Crippen molar-refractivity contribution in [2.75, 3.05) is 5.32 Å². The van der Waals surface area contributed by atoms with E-state index in [1.807, 2.05) is 0 Å². The van der Waals surface area contributed by atoms with Crippen LogP contribution in [0.25, 0.3) is 0 Å². The minimum Gasteiger partial charge on any atom is -0.508 e. The van der Waals surface area contributed by atoms with Crippen LogP contribution in [-0.2, 0) is 4.79 Å². The van der Waals surface area contributed by atoms with Crippen molar-refractivity contribution in [3.05, 3.63) is 67.5 Å². The van der Waals surface area contributed by atoms with Crippen molar-refractivity contribution < 1.29 is 9.90 Å². The Balaban J connectivity index is 2.01. The van der Waals surface area contributed by atoms with E-state index in [0.717, 1.165) is 17.7 Å². The summed E-state index contributed by atoms with van der Waals surface area (Å²) in [6.45, 7) is 0. The number of phenols is 1. The van der Waals surface area contributed by atoms with Gasteiger partial charge in [-0.1, -0.05) is 12.1 Å². The maximum atomic E-state index is 12.5. The molecule has 2 aromatic rings. The summed E-state index contributed by atoms with van der Waals surface area (Å²) in [5.74, 6) is -0.133. The zero-order chi connectivity index (χ0) is 16.8. The van der Waals surface area contributed by atoms with Gasteiger partial charge in [-0.2, -0.15) is 0 Å². The van der Waals surface area contributed by atoms with Crippen molar-refractivity contribution in [1.82, 2.24) is 9.97 Å². The molecule has 1 atom stereocenters. The van der Waals surface area contributed by atoms with E-state index in [0.29, 0.717) is 29.8 Å². The lowest BCUT2D eigenvalue weighted by molar-refractivity contribution is -0.116. The van der Waals surface area contributed by atoms with Crippen LogP contribution in [0, 0.1) is 0 Å². The van der Waals surface area contributed by atoms with Crippen LogP contribution in [0.4, 0.5) is 5.82 Å². The summed E-state index contributed by atoms with van der Waals surface area (Å²) in [5.41, 5.74) is 1.23. The van der Waals surface area contributed by atoms with E-state index in [4.69, 9.17) is 0 Å². The first-order valence-electron chi connectivity index (χ1n) is 7.73. The van der Waals surface area contributed by atoms with Gasteiger partial charge in [-0.3, -0.25) is 19.6 Å². The van der Waals surface area contributed by atoms with Gasteiger partial charge in [0.2, 0.25) is 0 Å². The number of rotatable bonds is 1. The predicted molar refractivity (Wildman–Crippen MR) is 87.1 cm³/mol. The summed E-state index contributed by atoms with van der Waals surface area (Å²) in [6.07, 6.45) is 1.85. The fourth-order valence-corrected chi connectivity index (χ4v) is 3.49. The van der Waals surface area contributed by atoms with Gasteiger partial charge in [0.05, 0.1) is 5.56 Å². The summed E-state index contributed by atoms with van der Waals surface area (Å²) in [6, 6.07) is 6.41. The molecule has 4 N–H and O–H groups in total. The van der Waals surface area contributed by atoms with Crippen molar-refractivity contribution in [3.8, 4) is 5.75 Å². The second-order valence-corrected chi connectivity index (χ2v) is 6.02. The van der Waals surface area contributed by atoms with E-state index in [1.54, 1.807) is 12.1 Å². The summed E-state index contributed by atoms with van der Waals surface area (Å²) >= 11 is 0. The number of aromatic nitrogens is 2. The van der Waals surface area contributed by atoms with Crippen LogP contribution in [0.15, 0.2) is 45.1 Å². The minimum atomic E-state index is -0.595. The van der Waals surface area contributed by atoms with E-state index in [-0.39, 0.29) is 11.5 Å². The molecule has 0 spiro atoms. The largest absolute Gasteiger partial charge is 0.508 e. The SMILES string of the molecule is O=C1CCCC2=C1[C@H](c1ccc(O)cc1)c1c([nH]c(=O)[nH]c1=O)N2. The molecule has 0 saturated carbocycles. The fourth-order valence-electron chi connectivity index (χ4n) is 3.49. The zero-order valence-electron chi connectivity index (χ0n) is 12.7.